The van der Waals surface area contributed by atoms with Crippen LogP contribution >= 0.6 is 0 Å². The van der Waals surface area contributed by atoms with E-state index in [9.17, 15) is 0 Å². The first-order valence-corrected chi connectivity index (χ1v) is 12.0. The molecular formula is C32H22N2. The Kier molecular flexibility index (Phi) is 3.53. The fourth-order valence-electron chi connectivity index (χ4n) is 6.08. The normalized spacial score (nSPS) is 13.1. The van der Waals surface area contributed by atoms with Crippen molar-refractivity contribution in [2.24, 2.45) is 0 Å². The third-order valence-corrected chi connectivity index (χ3v) is 7.60. The number of hydrogen-bond donors (Lipinski definition) is 1. The van der Waals surface area contributed by atoms with Crippen LogP contribution in [0.25, 0.3) is 60.4 Å². The summed E-state index contributed by atoms with van der Waals surface area (Å²) in [5, 5.41) is 5.47. The van der Waals surface area contributed by atoms with Gasteiger partial charge in [-0.3, -0.25) is 0 Å². The molecule has 1 aliphatic rings. The van der Waals surface area contributed by atoms with Crippen molar-refractivity contribution < 1.29 is 0 Å². The molecule has 0 atom stereocenters. The van der Waals surface area contributed by atoms with Crippen LogP contribution in [0.5, 0.6) is 0 Å². The zero-order valence-electron chi connectivity index (χ0n) is 18.7. The topological polar surface area (TPSA) is 20.7 Å². The van der Waals surface area contributed by atoms with Crippen molar-refractivity contribution in [3.8, 4) is 16.8 Å². The number of fused-ring (bicyclic) bond motifs is 4. The maximum atomic E-state index is 3.78. The fraction of sp³-hybridized carbons (Fsp3) is 0.0625. The predicted molar refractivity (Wildman–Crippen MR) is 143 cm³/mol. The predicted octanol–water partition coefficient (Wildman–Crippen LogP) is 8.18. The van der Waals surface area contributed by atoms with Gasteiger partial charge in [0.2, 0.25) is 0 Å². The number of aromatic nitrogens is 2. The second kappa shape index (κ2) is 6.61. The van der Waals surface area contributed by atoms with Crippen molar-refractivity contribution >= 4 is 43.6 Å². The van der Waals surface area contributed by atoms with Crippen LogP contribution in [-0.4, -0.2) is 9.55 Å². The fourth-order valence-corrected chi connectivity index (χ4v) is 6.08. The van der Waals surface area contributed by atoms with Crippen molar-refractivity contribution in [2.75, 3.05) is 0 Å². The molecule has 2 aromatic heterocycles. The summed E-state index contributed by atoms with van der Waals surface area (Å²) in [7, 11) is 0. The number of rotatable bonds is 2. The Hall–Kier alpha value is -4.30. The lowest BCUT2D eigenvalue weighted by Gasteiger charge is -2.13. The summed E-state index contributed by atoms with van der Waals surface area (Å²) in [6.07, 6.45) is 2.19. The van der Waals surface area contributed by atoms with E-state index in [1.807, 2.05) is 0 Å². The Balaban J connectivity index is 1.51. The van der Waals surface area contributed by atoms with Gasteiger partial charge in [-0.1, -0.05) is 72.8 Å². The Morgan fingerprint density at radius 1 is 0.588 bits per heavy atom. The van der Waals surface area contributed by atoms with Crippen molar-refractivity contribution in [1.29, 1.82) is 0 Å². The van der Waals surface area contributed by atoms with E-state index in [0.29, 0.717) is 0 Å². The van der Waals surface area contributed by atoms with Gasteiger partial charge in [0.15, 0.2) is 0 Å². The molecule has 1 N–H and O–H groups in total. The molecule has 0 aliphatic heterocycles. The Morgan fingerprint density at radius 2 is 1.35 bits per heavy atom. The van der Waals surface area contributed by atoms with Crippen LogP contribution < -0.4 is 0 Å². The zero-order valence-corrected chi connectivity index (χ0v) is 18.7. The van der Waals surface area contributed by atoms with Gasteiger partial charge in [0.1, 0.15) is 0 Å². The second-order valence-corrected chi connectivity index (χ2v) is 9.41. The van der Waals surface area contributed by atoms with Crippen molar-refractivity contribution in [1.82, 2.24) is 9.55 Å². The van der Waals surface area contributed by atoms with E-state index >= 15 is 0 Å². The van der Waals surface area contributed by atoms with E-state index in [0.717, 1.165) is 12.8 Å². The molecule has 1 aliphatic carbocycles. The molecule has 0 fully saturated rings. The molecule has 0 amide bonds. The van der Waals surface area contributed by atoms with Crippen LogP contribution in [0.1, 0.15) is 11.1 Å². The first-order chi connectivity index (χ1) is 16.9. The first-order valence-electron chi connectivity index (χ1n) is 12.0. The summed E-state index contributed by atoms with van der Waals surface area (Å²) in [4.78, 5) is 3.78. The van der Waals surface area contributed by atoms with E-state index in [-0.39, 0.29) is 0 Å². The molecule has 160 valence electrons. The minimum atomic E-state index is 1.09. The average molecular weight is 435 g/mol. The van der Waals surface area contributed by atoms with Gasteiger partial charge < -0.3 is 9.55 Å². The lowest BCUT2D eigenvalue weighted by atomic mass is 9.90. The van der Waals surface area contributed by atoms with Gasteiger partial charge in [0, 0.05) is 32.7 Å². The molecule has 0 radical (unpaired) electrons. The molecule has 0 saturated heterocycles. The number of nitrogens with zero attached hydrogens (tertiary/aromatic N) is 1. The Bertz CT molecular complexity index is 1880. The van der Waals surface area contributed by atoms with Crippen LogP contribution in [0.2, 0.25) is 0 Å². The maximum Gasteiger partial charge on any atom is 0.0786 e. The number of benzene rings is 5. The van der Waals surface area contributed by atoms with Crippen LogP contribution in [-0.2, 0) is 12.8 Å². The minimum Gasteiger partial charge on any atom is -0.353 e. The van der Waals surface area contributed by atoms with Crippen LogP contribution in [0.4, 0.5) is 0 Å². The molecule has 2 heterocycles. The van der Waals surface area contributed by atoms with Crippen molar-refractivity contribution in [3.63, 3.8) is 0 Å². The quantitative estimate of drug-likeness (QED) is 0.283. The first kappa shape index (κ1) is 18.2. The number of aryl methyl sites for hydroxylation is 2. The third kappa shape index (κ3) is 2.35. The highest BCUT2D eigenvalue weighted by Crippen LogP contribution is 2.44. The number of nitrogens with one attached hydrogen (secondary N) is 1. The zero-order chi connectivity index (χ0) is 22.2. The molecule has 7 aromatic rings. The molecule has 34 heavy (non-hydrogen) atoms. The molecule has 5 aromatic carbocycles. The molecule has 2 nitrogen and oxygen atoms in total. The summed E-state index contributed by atoms with van der Waals surface area (Å²) in [6.45, 7) is 0. The molecule has 8 rings (SSSR count). The largest absolute Gasteiger partial charge is 0.353 e. The summed E-state index contributed by atoms with van der Waals surface area (Å²) in [5.74, 6) is 0. The van der Waals surface area contributed by atoms with Crippen LogP contribution in [0.15, 0.2) is 103 Å². The summed E-state index contributed by atoms with van der Waals surface area (Å²) < 4.78 is 2.48. The molecule has 0 bridgehead atoms. The highest BCUT2D eigenvalue weighted by atomic mass is 15.0. The monoisotopic (exact) mass is 434 g/mol. The van der Waals surface area contributed by atoms with Gasteiger partial charge in [-0.25, -0.2) is 0 Å². The minimum absolute atomic E-state index is 1.09. The summed E-state index contributed by atoms with van der Waals surface area (Å²) in [5.41, 5.74) is 11.7. The Morgan fingerprint density at radius 3 is 2.24 bits per heavy atom. The highest BCUT2D eigenvalue weighted by molar-refractivity contribution is 6.25. The van der Waals surface area contributed by atoms with Crippen LogP contribution in [0, 0.1) is 0 Å². The lowest BCUT2D eigenvalue weighted by Crippen LogP contribution is -1.98. The SMILES string of the molecule is c1ccc(-c2ccc(-n3c4cccc5c4c4c(cc6c7ccccc7[nH]c6c43)CC5)cc2)cc1. The smallest absolute Gasteiger partial charge is 0.0786 e. The molecular weight excluding hydrogens is 412 g/mol. The molecule has 0 spiro atoms. The van der Waals surface area contributed by atoms with Crippen molar-refractivity contribution in [3.05, 3.63) is 114 Å². The standard InChI is InChI=1S/C32H22N2/c1-2-7-20(8-3-1)21-15-17-24(18-16-21)34-28-12-6-9-22-13-14-23-19-26-25-10-4-5-11-27(25)33-31(26)32(34)30(23)29(22)28/h1-12,15-19,33H,13-14H2. The van der Waals surface area contributed by atoms with Gasteiger partial charge >= 0.3 is 0 Å². The number of H-pyrrole nitrogens is 1. The van der Waals surface area contributed by atoms with Gasteiger partial charge in [-0.2, -0.15) is 0 Å². The van der Waals surface area contributed by atoms with E-state index in [1.165, 1.54) is 71.6 Å². The van der Waals surface area contributed by atoms with Gasteiger partial charge in [0.25, 0.3) is 0 Å². The molecule has 0 saturated carbocycles. The van der Waals surface area contributed by atoms with Gasteiger partial charge in [0.05, 0.1) is 16.6 Å². The number of hydrogen-bond acceptors (Lipinski definition) is 0. The van der Waals surface area contributed by atoms with E-state index < -0.39 is 0 Å². The lowest BCUT2D eigenvalue weighted by molar-refractivity contribution is 0.971. The molecule has 0 unspecified atom stereocenters. The second-order valence-electron chi connectivity index (χ2n) is 9.41. The Labute approximate surface area is 197 Å². The third-order valence-electron chi connectivity index (χ3n) is 7.60. The van der Waals surface area contributed by atoms with Crippen LogP contribution in [0.3, 0.4) is 0 Å². The van der Waals surface area contributed by atoms with E-state index in [2.05, 4.69) is 113 Å². The number of aromatic amines is 1. The summed E-state index contributed by atoms with van der Waals surface area (Å²) in [6, 6.07) is 37.6. The highest BCUT2D eigenvalue weighted by Gasteiger charge is 2.24. The summed E-state index contributed by atoms with van der Waals surface area (Å²) >= 11 is 0. The maximum absolute atomic E-state index is 3.78. The van der Waals surface area contributed by atoms with E-state index in [1.54, 1.807) is 0 Å². The average Bonchev–Trinajstić information content (AvgIpc) is 3.45. The number of para-hydroxylation sites is 1. The van der Waals surface area contributed by atoms with E-state index in [4.69, 9.17) is 0 Å². The van der Waals surface area contributed by atoms with Gasteiger partial charge in [-0.05, 0) is 65.4 Å². The van der Waals surface area contributed by atoms with Gasteiger partial charge in [-0.15, -0.1) is 0 Å². The van der Waals surface area contributed by atoms with Crippen molar-refractivity contribution in [2.45, 2.75) is 12.8 Å². The molecule has 2 heteroatoms.